The molecule has 8 heteroatoms. The Labute approximate surface area is 183 Å². The molecule has 2 saturated heterocycles. The normalized spacial score (nSPS) is 28.0. The van der Waals surface area contributed by atoms with E-state index < -0.39 is 11.6 Å². The molecule has 168 valence electrons. The Balaban J connectivity index is 1.46. The number of carbonyl (C=O) groups excluding carboxylic acids is 3. The maximum absolute atomic E-state index is 13.3. The summed E-state index contributed by atoms with van der Waals surface area (Å²) in [6.45, 7) is 8.85. The molecule has 0 radical (unpaired) electrons. The smallest absolute Gasteiger partial charge is 0.325 e. The number of nitrogens with one attached hydrogen (secondary N) is 2. The lowest BCUT2D eigenvalue weighted by Crippen LogP contribution is -2.54. The van der Waals surface area contributed by atoms with Crippen LogP contribution in [0.5, 0.6) is 0 Å². The zero-order valence-electron chi connectivity index (χ0n) is 18.6. The van der Waals surface area contributed by atoms with Crippen LogP contribution in [-0.4, -0.2) is 61.1 Å². The van der Waals surface area contributed by atoms with Crippen molar-refractivity contribution >= 4 is 29.2 Å². The van der Waals surface area contributed by atoms with Gasteiger partial charge in [-0.05, 0) is 42.7 Å². The quantitative estimate of drug-likeness (QED) is 0.720. The van der Waals surface area contributed by atoms with Gasteiger partial charge in [-0.1, -0.05) is 32.9 Å². The average molecular weight is 429 g/mol. The summed E-state index contributed by atoms with van der Waals surface area (Å²) in [6.07, 6.45) is 2.21. The van der Waals surface area contributed by atoms with Crippen LogP contribution in [-0.2, 0) is 14.3 Å². The molecule has 1 aliphatic carbocycles. The first-order chi connectivity index (χ1) is 14.7. The third kappa shape index (κ3) is 4.39. The van der Waals surface area contributed by atoms with Crippen LogP contribution in [0.4, 0.5) is 16.2 Å². The summed E-state index contributed by atoms with van der Waals surface area (Å²) in [5, 5.41) is 5.82. The number of hydrogen-bond acceptors (Lipinski definition) is 5. The van der Waals surface area contributed by atoms with E-state index in [0.717, 1.165) is 30.1 Å². The van der Waals surface area contributed by atoms with Gasteiger partial charge in [-0.2, -0.15) is 0 Å². The minimum Gasteiger partial charge on any atom is -0.378 e. The number of amides is 4. The number of ether oxygens (including phenoxy) is 1. The number of nitrogens with zero attached hydrogens (tertiary/aromatic N) is 2. The second-order valence-electron chi connectivity index (χ2n) is 9.92. The molecule has 2 N–H and O–H groups in total. The molecule has 0 aromatic heterocycles. The van der Waals surface area contributed by atoms with Crippen LogP contribution in [0.25, 0.3) is 0 Å². The fourth-order valence-corrected chi connectivity index (χ4v) is 5.64. The van der Waals surface area contributed by atoms with Crippen LogP contribution in [0.2, 0.25) is 0 Å². The topological polar surface area (TPSA) is 91.0 Å². The molecular formula is C23H32N4O4. The largest absolute Gasteiger partial charge is 0.378 e. The van der Waals surface area contributed by atoms with Gasteiger partial charge in [-0.25, -0.2) is 4.79 Å². The van der Waals surface area contributed by atoms with Gasteiger partial charge in [0.2, 0.25) is 5.91 Å². The van der Waals surface area contributed by atoms with Crippen LogP contribution in [0.15, 0.2) is 24.3 Å². The van der Waals surface area contributed by atoms with Crippen LogP contribution in [0.3, 0.4) is 0 Å². The van der Waals surface area contributed by atoms with E-state index in [1.165, 1.54) is 0 Å². The number of para-hydroxylation sites is 2. The summed E-state index contributed by atoms with van der Waals surface area (Å²) in [5.41, 5.74) is 0.638. The molecule has 1 aromatic carbocycles. The van der Waals surface area contributed by atoms with Crippen LogP contribution in [0.1, 0.15) is 40.0 Å². The highest BCUT2D eigenvalue weighted by Crippen LogP contribution is 2.46. The Bertz CT molecular complexity index is 880. The fraction of sp³-hybridized carbons (Fsp3) is 0.609. The van der Waals surface area contributed by atoms with Gasteiger partial charge < -0.3 is 20.3 Å². The maximum atomic E-state index is 13.3. The van der Waals surface area contributed by atoms with Crippen molar-refractivity contribution in [2.45, 2.75) is 45.6 Å². The number of rotatable bonds is 4. The maximum Gasteiger partial charge on any atom is 0.325 e. The third-order valence-electron chi connectivity index (χ3n) is 6.46. The number of anilines is 2. The summed E-state index contributed by atoms with van der Waals surface area (Å²) in [7, 11) is 0. The van der Waals surface area contributed by atoms with E-state index >= 15 is 0 Å². The zero-order valence-corrected chi connectivity index (χ0v) is 18.6. The molecule has 4 amide bonds. The minimum absolute atomic E-state index is 0.0457. The molecule has 2 atom stereocenters. The number of benzene rings is 1. The number of urea groups is 1. The Morgan fingerprint density at radius 3 is 2.61 bits per heavy atom. The highest BCUT2D eigenvalue weighted by Gasteiger charge is 2.56. The molecule has 31 heavy (non-hydrogen) atoms. The minimum atomic E-state index is -0.899. The van der Waals surface area contributed by atoms with E-state index in [4.69, 9.17) is 4.74 Å². The van der Waals surface area contributed by atoms with Gasteiger partial charge in [-0.3, -0.25) is 14.5 Å². The highest BCUT2D eigenvalue weighted by molar-refractivity contribution is 6.10. The molecule has 1 spiro atoms. The van der Waals surface area contributed by atoms with Crippen molar-refractivity contribution < 1.29 is 19.1 Å². The van der Waals surface area contributed by atoms with Crippen molar-refractivity contribution in [1.82, 2.24) is 10.2 Å². The molecule has 2 heterocycles. The van der Waals surface area contributed by atoms with E-state index in [-0.39, 0.29) is 23.8 Å². The third-order valence-corrected chi connectivity index (χ3v) is 6.46. The summed E-state index contributed by atoms with van der Waals surface area (Å²) in [5.74, 6) is -0.347. The first-order valence-electron chi connectivity index (χ1n) is 11.0. The number of imide groups is 1. The van der Waals surface area contributed by atoms with Gasteiger partial charge in [0, 0.05) is 13.1 Å². The molecule has 0 unspecified atom stereocenters. The van der Waals surface area contributed by atoms with Crippen LogP contribution >= 0.6 is 0 Å². The lowest BCUT2D eigenvalue weighted by Gasteiger charge is -2.43. The average Bonchev–Trinajstić information content (AvgIpc) is 2.90. The summed E-state index contributed by atoms with van der Waals surface area (Å²) < 4.78 is 5.41. The number of carbonyl (C=O) groups is 3. The Kier molecular flexibility index (Phi) is 5.68. The second-order valence-corrected chi connectivity index (χ2v) is 9.92. The Morgan fingerprint density at radius 1 is 1.19 bits per heavy atom. The van der Waals surface area contributed by atoms with Gasteiger partial charge in [0.15, 0.2) is 0 Å². The number of morpholine rings is 1. The lowest BCUT2D eigenvalue weighted by atomic mass is 9.64. The van der Waals surface area contributed by atoms with Crippen molar-refractivity contribution in [3.05, 3.63) is 24.3 Å². The summed E-state index contributed by atoms with van der Waals surface area (Å²) in [6, 6.07) is 7.09. The van der Waals surface area contributed by atoms with Crippen molar-refractivity contribution in [2.24, 2.45) is 11.3 Å². The van der Waals surface area contributed by atoms with Crippen molar-refractivity contribution in [1.29, 1.82) is 0 Å². The van der Waals surface area contributed by atoms with Crippen LogP contribution in [0, 0.1) is 11.3 Å². The predicted molar refractivity (Wildman–Crippen MR) is 118 cm³/mol. The molecule has 3 fully saturated rings. The molecule has 4 rings (SSSR count). The SMILES string of the molecule is C[C@@H]1CC(C)(C)C[C@@]2(C1)NC(=O)N(CC(=O)Nc1ccccc1N1CCOCC1)C2=O. The van der Waals surface area contributed by atoms with Crippen molar-refractivity contribution in [3.8, 4) is 0 Å². The van der Waals surface area contributed by atoms with E-state index in [2.05, 4.69) is 36.3 Å². The fourth-order valence-electron chi connectivity index (χ4n) is 5.64. The Morgan fingerprint density at radius 2 is 1.90 bits per heavy atom. The summed E-state index contributed by atoms with van der Waals surface area (Å²) >= 11 is 0. The predicted octanol–water partition coefficient (Wildman–Crippen LogP) is 2.60. The van der Waals surface area contributed by atoms with Gasteiger partial charge in [0.05, 0.1) is 24.6 Å². The second kappa shape index (κ2) is 8.15. The monoisotopic (exact) mass is 428 g/mol. The molecular weight excluding hydrogens is 396 g/mol. The standard InChI is InChI=1S/C23H32N4O4/c1-16-12-22(2,3)15-23(13-16)20(29)27(21(30)25-23)14-19(28)24-17-6-4-5-7-18(17)26-8-10-31-11-9-26/h4-7,16H,8-15H2,1-3H3,(H,24,28)(H,25,30)/t16-,23-/m1/s1. The van der Waals surface area contributed by atoms with Crippen molar-refractivity contribution in [3.63, 3.8) is 0 Å². The van der Waals surface area contributed by atoms with Crippen LogP contribution < -0.4 is 15.5 Å². The van der Waals surface area contributed by atoms with Gasteiger partial charge in [0.1, 0.15) is 12.1 Å². The Hall–Kier alpha value is -2.61. The van der Waals surface area contributed by atoms with E-state index in [1.807, 2.05) is 24.3 Å². The van der Waals surface area contributed by atoms with E-state index in [0.29, 0.717) is 37.7 Å². The molecule has 3 aliphatic rings. The highest BCUT2D eigenvalue weighted by atomic mass is 16.5. The zero-order chi connectivity index (χ0) is 22.2. The van der Waals surface area contributed by atoms with Crippen molar-refractivity contribution in [2.75, 3.05) is 43.1 Å². The molecule has 1 aromatic rings. The number of hydrogen-bond donors (Lipinski definition) is 2. The lowest BCUT2D eigenvalue weighted by molar-refractivity contribution is -0.136. The molecule has 8 nitrogen and oxygen atoms in total. The first kappa shape index (κ1) is 21.6. The first-order valence-corrected chi connectivity index (χ1v) is 11.0. The van der Waals surface area contributed by atoms with Gasteiger partial charge in [0.25, 0.3) is 5.91 Å². The molecule has 0 bridgehead atoms. The molecule has 2 aliphatic heterocycles. The van der Waals surface area contributed by atoms with Gasteiger partial charge in [-0.15, -0.1) is 0 Å². The van der Waals surface area contributed by atoms with E-state index in [1.54, 1.807) is 0 Å². The molecule has 1 saturated carbocycles. The van der Waals surface area contributed by atoms with E-state index in [9.17, 15) is 14.4 Å². The summed E-state index contributed by atoms with van der Waals surface area (Å²) in [4.78, 5) is 42.0. The van der Waals surface area contributed by atoms with Gasteiger partial charge >= 0.3 is 6.03 Å².